The quantitative estimate of drug-likeness (QED) is 0.0468. The number of rotatable bonds is 16. The summed E-state index contributed by atoms with van der Waals surface area (Å²) in [7, 11) is 6.12. The maximum absolute atomic E-state index is 13.1. The lowest BCUT2D eigenvalue weighted by molar-refractivity contribution is -0.128. The summed E-state index contributed by atoms with van der Waals surface area (Å²) in [6, 6.07) is 36.9. The van der Waals surface area contributed by atoms with E-state index in [2.05, 4.69) is 104 Å². The fourth-order valence-electron chi connectivity index (χ4n) is 16.6. The van der Waals surface area contributed by atoms with Crippen LogP contribution in [-0.2, 0) is 64.5 Å². The molecule has 0 unspecified atom stereocenters. The van der Waals surface area contributed by atoms with Gasteiger partial charge in [0.2, 0.25) is 59.1 Å². The molecule has 0 bridgehead atoms. The first-order chi connectivity index (χ1) is 64.9. The Morgan fingerprint density at radius 2 is 0.741 bits per heavy atom. The molecule has 0 spiro atoms. The van der Waals surface area contributed by atoms with Gasteiger partial charge in [0.15, 0.2) is 0 Å². The van der Waals surface area contributed by atoms with Crippen molar-refractivity contribution >= 4 is 106 Å². The SMILES string of the molecule is COc1ccc2c(c1)C(=O)N(C[C@@]1(C#Cc3cnc(N)nc3N)CC(=O)NC1=O)C2.COc1ccc2c(c1)C(=O)N(C[C@@]1(C#Cc3cncc(-c4ccc(C(N)=O)cc4)c3)CC(=O)NC1=O)C2.COc1ccc2c(c1)C(=O)N(C[C@@]1(C#Cc3cncc(-c4ccc(N)nc4)c3)CC(=O)NC1=O)C2.COc1ccc2c(c1)C(=O)N(C[C@@]1(C#Cc3cncc(C4=CCN=C4)c3)CC(=O)NC1=O)C2. The van der Waals surface area contributed by atoms with Gasteiger partial charge in [0.25, 0.3) is 23.6 Å². The number of ether oxygens (including phenoxy) is 4. The molecule has 9 aliphatic heterocycles. The Morgan fingerprint density at radius 3 is 1.06 bits per heavy atom. The number of hydrogen-bond donors (Lipinski definition) is 8. The largest absolute Gasteiger partial charge is 0.497 e. The van der Waals surface area contributed by atoms with Crippen molar-refractivity contribution in [2.24, 2.45) is 32.4 Å². The predicted molar refractivity (Wildman–Crippen MR) is 486 cm³/mol. The third-order valence-corrected chi connectivity index (χ3v) is 23.7. The van der Waals surface area contributed by atoms with Crippen LogP contribution >= 0.6 is 0 Å². The van der Waals surface area contributed by atoms with E-state index in [-0.39, 0.29) is 92.8 Å². The lowest BCUT2D eigenvalue weighted by Gasteiger charge is -2.25. The number of amides is 13. The second-order valence-electron chi connectivity index (χ2n) is 32.8. The van der Waals surface area contributed by atoms with E-state index in [1.54, 1.807) is 150 Å². The molecular weight excluding hydrogens is 1730 g/mol. The van der Waals surface area contributed by atoms with Crippen LogP contribution < -0.4 is 63.1 Å². The van der Waals surface area contributed by atoms with Gasteiger partial charge in [-0.05, 0) is 124 Å². The zero-order valence-electron chi connectivity index (χ0n) is 72.8. The van der Waals surface area contributed by atoms with E-state index < -0.39 is 74.8 Å². The van der Waals surface area contributed by atoms with Gasteiger partial charge in [-0.25, -0.2) is 9.97 Å². The van der Waals surface area contributed by atoms with E-state index in [9.17, 15) is 62.3 Å². The van der Waals surface area contributed by atoms with Crippen LogP contribution in [0.15, 0.2) is 188 Å². The number of primary amides is 1. The average molecular weight is 1810 g/mol. The molecule has 0 aliphatic carbocycles. The van der Waals surface area contributed by atoms with Crippen LogP contribution in [0.1, 0.15) is 128 Å². The number of nitrogen functional groups attached to an aromatic ring is 3. The molecule has 36 nitrogen and oxygen atoms in total. The van der Waals surface area contributed by atoms with Crippen molar-refractivity contribution in [3.63, 3.8) is 0 Å². The average Bonchev–Trinajstić information content (AvgIpc) is 1.63. The molecule has 12 N–H and O–H groups in total. The second kappa shape index (κ2) is 37.6. The smallest absolute Gasteiger partial charge is 0.254 e. The van der Waals surface area contributed by atoms with E-state index in [1.165, 1.54) is 44.4 Å². The van der Waals surface area contributed by atoms with Gasteiger partial charge in [-0.15, -0.1) is 0 Å². The predicted octanol–water partition coefficient (Wildman–Crippen LogP) is 4.96. The number of fused-ring (bicyclic) bond motifs is 4. The van der Waals surface area contributed by atoms with E-state index in [1.807, 2.05) is 42.5 Å². The van der Waals surface area contributed by atoms with Crippen molar-refractivity contribution in [3.8, 4) is 92.6 Å². The molecule has 4 saturated heterocycles. The monoisotopic (exact) mass is 1810 g/mol. The Kier molecular flexibility index (Phi) is 25.1. The number of imide groups is 4. The highest BCUT2D eigenvalue weighted by molar-refractivity contribution is 6.13. The summed E-state index contributed by atoms with van der Waals surface area (Å²) < 4.78 is 20.9. The number of nitrogens with zero attached hydrogens (tertiary/aromatic N) is 11. The standard InChI is InChI=1S/C28H22N4O5.C26H21N5O4.C25H20N4O4.C20H18N6O4/c1-37-22-7-6-20-15-32(26(35)23(20)11-22)16-28(12-24(33)31-27(28)36)9-8-17-10-21(14-30-13-17)18-2-4-19(5-3-18)25(29)34;1-35-20-4-2-18-14-31(24(33)21(18)9-20)15-26(10-23(32)30-25(26)34)7-6-16-8-19(12-28-11-16)17-3-5-22(27)29-13-17;1-33-20-3-2-18-14-29(23(31)21(18)9-20)15-25(10-22(30)28-24(25)32)6-4-16-8-19(13-27-11-16)17-5-7-26-12-17;1-30-13-3-2-12-9-26(17(28)14(12)6-13)10-20(7-15(27)24-18(20)29)5-4-11-8-23-19(22)25-16(11)21/h2-7,10-11,13-14H,12,15-16H2,1H3,(H2,29,34)(H,31,33,36);2-5,8-9,11-13H,10,14-15H2,1H3,(H2,27,29)(H,30,32,34);2-3,5,8-9,11-13H,7,10,14-15H2,1H3,(H,28,30,32);2-3,6,8H,7,9-10H2,1H3,(H,24,27,29)(H4,21,22,23,25)/t28-;26-;25-;20-/m1111/s1. The van der Waals surface area contributed by atoms with E-state index in [0.717, 1.165) is 55.6 Å². The van der Waals surface area contributed by atoms with Gasteiger partial charge < -0.3 is 61.5 Å². The number of nitrogens with two attached hydrogens (primary N) is 4. The molecule has 5 aromatic carbocycles. The summed E-state index contributed by atoms with van der Waals surface area (Å²) in [6.07, 6.45) is 16.0. The van der Waals surface area contributed by atoms with E-state index in [0.29, 0.717) is 106 Å². The number of aromatic nitrogens is 6. The molecule has 135 heavy (non-hydrogen) atoms. The number of carbonyl (C=O) groups is 13. The zero-order chi connectivity index (χ0) is 95.2. The molecule has 0 radical (unpaired) electrons. The summed E-state index contributed by atoms with van der Waals surface area (Å²) in [6.45, 7) is 1.82. The van der Waals surface area contributed by atoms with Crippen LogP contribution in [0.3, 0.4) is 0 Å². The molecule has 0 saturated carbocycles. The summed E-state index contributed by atoms with van der Waals surface area (Å²) in [5.74, 6) is 21.1. The molecule has 14 heterocycles. The van der Waals surface area contributed by atoms with E-state index in [4.69, 9.17) is 41.9 Å². The van der Waals surface area contributed by atoms with Crippen LogP contribution in [-0.4, -0.2) is 194 Å². The topological polar surface area (TPSA) is 514 Å². The molecule has 5 aromatic heterocycles. The van der Waals surface area contributed by atoms with Gasteiger partial charge in [-0.2, -0.15) is 4.98 Å². The van der Waals surface area contributed by atoms with Crippen LogP contribution in [0.25, 0.3) is 27.8 Å². The summed E-state index contributed by atoms with van der Waals surface area (Å²) in [5.41, 5.74) is 29.5. The van der Waals surface area contributed by atoms with Crippen molar-refractivity contribution in [3.05, 3.63) is 261 Å². The summed E-state index contributed by atoms with van der Waals surface area (Å²) in [4.78, 5) is 198. The maximum Gasteiger partial charge on any atom is 0.254 e. The number of nitrogens with one attached hydrogen (secondary N) is 4. The minimum Gasteiger partial charge on any atom is -0.497 e. The number of benzene rings is 5. The van der Waals surface area contributed by atoms with Crippen LogP contribution in [0.4, 0.5) is 17.6 Å². The molecule has 4 fully saturated rings. The highest BCUT2D eigenvalue weighted by Crippen LogP contribution is 2.40. The molecule has 19 rings (SSSR count). The fraction of sp³-hybridized carbons (Fsp3) is 0.212. The number of carbonyl (C=O) groups excluding carboxylic acids is 13. The number of hydrogen-bond acceptors (Lipinski definition) is 27. The van der Waals surface area contributed by atoms with Crippen LogP contribution in [0.5, 0.6) is 23.0 Å². The molecule has 13 amide bonds. The minimum absolute atomic E-state index is 0.00240. The first-order valence-corrected chi connectivity index (χ1v) is 41.8. The van der Waals surface area contributed by atoms with Gasteiger partial charge in [-0.3, -0.25) is 104 Å². The Balaban J connectivity index is 0.000000131. The van der Waals surface area contributed by atoms with Crippen molar-refractivity contribution in [2.75, 3.05) is 78.4 Å². The Morgan fingerprint density at radius 1 is 0.393 bits per heavy atom. The Bertz CT molecular complexity index is 7070. The first-order valence-electron chi connectivity index (χ1n) is 41.8. The lowest BCUT2D eigenvalue weighted by atomic mass is 9.85. The molecular formula is C99H81N19O17. The van der Waals surface area contributed by atoms with E-state index >= 15 is 0 Å². The van der Waals surface area contributed by atoms with Gasteiger partial charge in [0, 0.05) is 169 Å². The third-order valence-electron chi connectivity index (χ3n) is 23.7. The zero-order valence-corrected chi connectivity index (χ0v) is 72.8. The summed E-state index contributed by atoms with van der Waals surface area (Å²) in [5, 5.41) is 9.30. The number of aliphatic imine (C=N–C) groups is 1. The summed E-state index contributed by atoms with van der Waals surface area (Å²) >= 11 is 0. The molecule has 36 heteroatoms. The highest BCUT2D eigenvalue weighted by Gasteiger charge is 2.53. The van der Waals surface area contributed by atoms with Crippen molar-refractivity contribution in [1.29, 1.82) is 0 Å². The van der Waals surface area contributed by atoms with Crippen LogP contribution in [0.2, 0.25) is 0 Å². The lowest BCUT2D eigenvalue weighted by Crippen LogP contribution is -2.42. The van der Waals surface area contributed by atoms with Gasteiger partial charge in [-0.1, -0.05) is 89.8 Å². The fourth-order valence-corrected chi connectivity index (χ4v) is 16.6. The van der Waals surface area contributed by atoms with Gasteiger partial charge in [0.05, 0.1) is 72.4 Å². The van der Waals surface area contributed by atoms with Gasteiger partial charge in [0.1, 0.15) is 56.3 Å². The van der Waals surface area contributed by atoms with Crippen molar-refractivity contribution in [1.82, 2.24) is 70.8 Å². The number of anilines is 3. The molecule has 9 aliphatic rings. The van der Waals surface area contributed by atoms with Crippen LogP contribution in [0, 0.1) is 69.0 Å². The van der Waals surface area contributed by atoms with Crippen molar-refractivity contribution in [2.45, 2.75) is 51.9 Å². The second-order valence-corrected chi connectivity index (χ2v) is 32.8. The van der Waals surface area contributed by atoms with Gasteiger partial charge >= 0.3 is 0 Å². The Labute approximate surface area is 770 Å². The minimum atomic E-state index is -1.41. The first kappa shape index (κ1) is 90.3. The Hall–Kier alpha value is -18.1. The van der Waals surface area contributed by atoms with Crippen molar-refractivity contribution < 1.29 is 81.3 Å². The number of pyridine rings is 4. The molecule has 4 atom stereocenters. The normalized spacial score (nSPS) is 19.4. The highest BCUT2D eigenvalue weighted by atomic mass is 16.5. The third kappa shape index (κ3) is 19.2. The molecule has 674 valence electrons. The number of methoxy groups -OCH3 is 4. The number of allylic oxidation sites excluding steroid dienone is 1. The molecule has 10 aromatic rings. The maximum atomic E-state index is 13.1.